The summed E-state index contributed by atoms with van der Waals surface area (Å²) in [5.41, 5.74) is 2.54. The fraction of sp³-hybridized carbons (Fsp3) is 0.130. The highest BCUT2D eigenvalue weighted by Gasteiger charge is 2.48. The first kappa shape index (κ1) is 20.3. The zero-order valence-corrected chi connectivity index (χ0v) is 17.8. The number of thioether (sulfide) groups is 1. The molecule has 0 saturated carbocycles. The van der Waals surface area contributed by atoms with Crippen LogP contribution >= 0.6 is 24.0 Å². The van der Waals surface area contributed by atoms with E-state index in [1.54, 1.807) is 24.3 Å². The van der Waals surface area contributed by atoms with Gasteiger partial charge in [-0.3, -0.25) is 19.3 Å². The van der Waals surface area contributed by atoms with Gasteiger partial charge in [-0.15, -0.1) is 0 Å². The van der Waals surface area contributed by atoms with Crippen LogP contribution in [-0.4, -0.2) is 33.0 Å². The largest absolute Gasteiger partial charge is 0.280 e. The Kier molecular flexibility index (Phi) is 5.65. The number of hydrogen-bond acceptors (Lipinski definition) is 5. The van der Waals surface area contributed by atoms with Gasteiger partial charge in [-0.2, -0.15) is 0 Å². The van der Waals surface area contributed by atoms with Gasteiger partial charge in [0.2, 0.25) is 5.91 Å². The second kappa shape index (κ2) is 8.38. The molecule has 0 N–H and O–H groups in total. The molecule has 0 bridgehead atoms. The van der Waals surface area contributed by atoms with Crippen LogP contribution < -0.4 is 4.90 Å². The highest BCUT2D eigenvalue weighted by Crippen LogP contribution is 2.36. The molecule has 2 saturated heterocycles. The number of anilines is 1. The maximum Gasteiger partial charge on any atom is 0.266 e. The number of rotatable bonds is 4. The lowest BCUT2D eigenvalue weighted by atomic mass is 10.2. The molecule has 0 aromatic heterocycles. The van der Waals surface area contributed by atoms with Gasteiger partial charge in [0.05, 0.1) is 17.0 Å². The fourth-order valence-electron chi connectivity index (χ4n) is 3.36. The van der Waals surface area contributed by atoms with Crippen LogP contribution in [0, 0.1) is 6.92 Å². The SMILES string of the molecule is Cc1ccc(N2C(=O)C[C@@H](N3C(=O)/C(=C\C=C/c4ccccc4)SC3=S)C2=O)cc1. The lowest BCUT2D eigenvalue weighted by Gasteiger charge is -2.21. The molecule has 2 aliphatic heterocycles. The van der Waals surface area contributed by atoms with Gasteiger partial charge in [-0.1, -0.05) is 84.2 Å². The molecular formula is C23H18N2O3S2. The molecule has 150 valence electrons. The number of aryl methyl sites for hydroxylation is 1. The van der Waals surface area contributed by atoms with Crippen molar-refractivity contribution in [2.24, 2.45) is 0 Å². The number of thiocarbonyl (C=S) groups is 1. The second-order valence-corrected chi connectivity index (χ2v) is 8.64. The molecule has 2 heterocycles. The summed E-state index contributed by atoms with van der Waals surface area (Å²) in [5, 5.41) is 0. The summed E-state index contributed by atoms with van der Waals surface area (Å²) in [4.78, 5) is 41.3. The zero-order chi connectivity index (χ0) is 21.3. The van der Waals surface area contributed by atoms with Crippen LogP contribution in [0.3, 0.4) is 0 Å². The van der Waals surface area contributed by atoms with Crippen molar-refractivity contribution in [3.8, 4) is 0 Å². The Hall–Kier alpha value is -3.03. The Morgan fingerprint density at radius 3 is 2.43 bits per heavy atom. The van der Waals surface area contributed by atoms with E-state index < -0.39 is 11.9 Å². The third-order valence-corrected chi connectivity index (χ3v) is 6.23. The molecule has 3 amide bonds. The minimum atomic E-state index is -0.907. The molecule has 2 aliphatic rings. The molecule has 7 heteroatoms. The van der Waals surface area contributed by atoms with Crippen molar-refractivity contribution in [2.75, 3.05) is 4.90 Å². The topological polar surface area (TPSA) is 57.7 Å². The molecule has 0 spiro atoms. The summed E-state index contributed by atoms with van der Waals surface area (Å²) in [6.07, 6.45) is 5.27. The summed E-state index contributed by atoms with van der Waals surface area (Å²) >= 11 is 6.50. The van der Waals surface area contributed by atoms with Crippen LogP contribution in [0.4, 0.5) is 5.69 Å². The predicted octanol–water partition coefficient (Wildman–Crippen LogP) is 4.08. The van der Waals surface area contributed by atoms with Crippen molar-refractivity contribution < 1.29 is 14.4 Å². The maximum atomic E-state index is 13.0. The number of allylic oxidation sites excluding steroid dienone is 2. The number of amides is 3. The molecule has 0 unspecified atom stereocenters. The van der Waals surface area contributed by atoms with E-state index in [9.17, 15) is 14.4 Å². The summed E-state index contributed by atoms with van der Waals surface area (Å²) in [5.74, 6) is -1.11. The van der Waals surface area contributed by atoms with Crippen LogP contribution in [0.25, 0.3) is 6.08 Å². The predicted molar refractivity (Wildman–Crippen MR) is 123 cm³/mol. The number of imide groups is 1. The quantitative estimate of drug-likeness (QED) is 0.412. The average Bonchev–Trinajstić information content (AvgIpc) is 3.18. The molecule has 2 aromatic carbocycles. The normalized spacial score (nSPS) is 21.0. The Bertz CT molecular complexity index is 1090. The van der Waals surface area contributed by atoms with E-state index in [4.69, 9.17) is 12.2 Å². The first-order valence-corrected chi connectivity index (χ1v) is 10.6. The minimum absolute atomic E-state index is 0.0771. The lowest BCUT2D eigenvalue weighted by Crippen LogP contribution is -2.44. The number of nitrogens with zero attached hydrogens (tertiary/aromatic N) is 2. The Morgan fingerprint density at radius 2 is 1.73 bits per heavy atom. The van der Waals surface area contributed by atoms with Crippen LogP contribution in [0.5, 0.6) is 0 Å². The molecule has 2 aromatic rings. The molecular weight excluding hydrogens is 416 g/mol. The smallest absolute Gasteiger partial charge is 0.266 e. The zero-order valence-electron chi connectivity index (χ0n) is 16.1. The van der Waals surface area contributed by atoms with E-state index in [0.29, 0.717) is 10.6 Å². The van der Waals surface area contributed by atoms with Gasteiger partial charge in [0.25, 0.3) is 11.8 Å². The molecule has 5 nitrogen and oxygen atoms in total. The molecule has 0 radical (unpaired) electrons. The van der Waals surface area contributed by atoms with Gasteiger partial charge in [-0.05, 0) is 30.7 Å². The molecule has 0 aliphatic carbocycles. The van der Waals surface area contributed by atoms with E-state index in [2.05, 4.69) is 0 Å². The minimum Gasteiger partial charge on any atom is -0.280 e. The van der Waals surface area contributed by atoms with Crippen molar-refractivity contribution in [1.82, 2.24) is 4.90 Å². The van der Waals surface area contributed by atoms with Crippen molar-refractivity contribution in [1.29, 1.82) is 0 Å². The summed E-state index contributed by atoms with van der Waals surface area (Å²) in [7, 11) is 0. The van der Waals surface area contributed by atoms with Crippen LogP contribution in [0.2, 0.25) is 0 Å². The number of benzene rings is 2. The standard InChI is InChI=1S/C23H18N2O3S2/c1-15-10-12-17(13-11-15)24-20(26)14-18(21(24)27)25-22(28)19(30-23(25)29)9-5-8-16-6-3-2-4-7-16/h2-13,18H,14H2,1H3/b8-5-,19-9+/t18-/m1/s1. The lowest BCUT2D eigenvalue weighted by molar-refractivity contribution is -0.130. The van der Waals surface area contributed by atoms with E-state index in [1.165, 1.54) is 4.90 Å². The third kappa shape index (κ3) is 3.86. The average molecular weight is 435 g/mol. The molecule has 30 heavy (non-hydrogen) atoms. The Balaban J connectivity index is 1.53. The third-order valence-electron chi connectivity index (χ3n) is 4.89. The number of carbonyl (C=O) groups excluding carboxylic acids is 3. The first-order chi connectivity index (χ1) is 14.5. The van der Waals surface area contributed by atoms with Crippen molar-refractivity contribution in [3.05, 3.63) is 82.8 Å². The van der Waals surface area contributed by atoms with Crippen LogP contribution in [0.15, 0.2) is 71.7 Å². The van der Waals surface area contributed by atoms with Gasteiger partial charge in [0.1, 0.15) is 10.4 Å². The van der Waals surface area contributed by atoms with Gasteiger partial charge in [0, 0.05) is 0 Å². The summed E-state index contributed by atoms with van der Waals surface area (Å²) in [6, 6.07) is 15.9. The summed E-state index contributed by atoms with van der Waals surface area (Å²) in [6.45, 7) is 1.93. The van der Waals surface area contributed by atoms with Gasteiger partial charge < -0.3 is 0 Å². The van der Waals surface area contributed by atoms with Crippen molar-refractivity contribution in [3.63, 3.8) is 0 Å². The molecule has 1 atom stereocenters. The highest BCUT2D eigenvalue weighted by atomic mass is 32.2. The molecule has 2 fully saturated rings. The van der Waals surface area contributed by atoms with Gasteiger partial charge in [-0.25, -0.2) is 4.90 Å². The van der Waals surface area contributed by atoms with E-state index in [1.807, 2.05) is 55.5 Å². The monoisotopic (exact) mass is 434 g/mol. The molecule has 4 rings (SSSR count). The van der Waals surface area contributed by atoms with E-state index in [-0.39, 0.29) is 22.6 Å². The first-order valence-electron chi connectivity index (χ1n) is 9.38. The van der Waals surface area contributed by atoms with Crippen molar-refractivity contribution in [2.45, 2.75) is 19.4 Å². The second-order valence-electron chi connectivity index (χ2n) is 6.97. The number of carbonyl (C=O) groups is 3. The van der Waals surface area contributed by atoms with Crippen LogP contribution in [-0.2, 0) is 14.4 Å². The fourth-order valence-corrected chi connectivity index (χ4v) is 4.66. The Morgan fingerprint density at radius 1 is 1.03 bits per heavy atom. The van der Waals surface area contributed by atoms with E-state index in [0.717, 1.165) is 27.8 Å². The summed E-state index contributed by atoms with van der Waals surface area (Å²) < 4.78 is 0.288. The maximum absolute atomic E-state index is 13.0. The Labute approximate surface area is 184 Å². The number of hydrogen-bond donors (Lipinski definition) is 0. The highest BCUT2D eigenvalue weighted by molar-refractivity contribution is 8.26. The van der Waals surface area contributed by atoms with Crippen molar-refractivity contribution >= 4 is 57.8 Å². The van der Waals surface area contributed by atoms with Crippen LogP contribution in [0.1, 0.15) is 17.5 Å². The van der Waals surface area contributed by atoms with Gasteiger partial charge >= 0.3 is 0 Å². The van der Waals surface area contributed by atoms with E-state index >= 15 is 0 Å². The van der Waals surface area contributed by atoms with Gasteiger partial charge in [0.15, 0.2) is 0 Å².